The summed E-state index contributed by atoms with van der Waals surface area (Å²) in [7, 11) is -4.46. The smallest absolute Gasteiger partial charge is 0.462 e. The SMILES string of the molecule is CCCCC/C=C\C/C=C\C/C=C\CCCCC(=O)OC[C@H](COP(=O)(O)OCCN)OC(=O)CCC/C=C/C[C@@H]1[C@@H](/C=C/[C@@H](O)CCCCC)[C@H](O)C[C@@H]1O. The average Bonchev–Trinajstić information content (AvgIpc) is 3.44. The molecule has 7 atom stereocenters. The van der Waals surface area contributed by atoms with E-state index in [2.05, 4.69) is 50.3 Å². The first-order valence-electron chi connectivity index (χ1n) is 21.0. The number of phosphoric acid groups is 1. The van der Waals surface area contributed by atoms with Crippen molar-refractivity contribution in [2.24, 2.45) is 17.6 Å². The monoisotopic (exact) mass is 811 g/mol. The predicted octanol–water partition coefficient (Wildman–Crippen LogP) is 8.10. The number of hydrogen-bond donors (Lipinski definition) is 5. The summed E-state index contributed by atoms with van der Waals surface area (Å²) in [4.78, 5) is 35.0. The Labute approximate surface area is 336 Å². The van der Waals surface area contributed by atoms with E-state index in [0.717, 1.165) is 51.4 Å². The Morgan fingerprint density at radius 2 is 1.38 bits per heavy atom. The number of carbonyl (C=O) groups excluding carboxylic acids is 2. The molecule has 0 aliphatic heterocycles. The van der Waals surface area contributed by atoms with Crippen LogP contribution in [0.3, 0.4) is 0 Å². The Morgan fingerprint density at radius 1 is 0.768 bits per heavy atom. The highest BCUT2D eigenvalue weighted by Gasteiger charge is 2.39. The van der Waals surface area contributed by atoms with Crippen LogP contribution in [0.25, 0.3) is 0 Å². The number of esters is 2. The van der Waals surface area contributed by atoms with Gasteiger partial charge in [-0.05, 0) is 76.5 Å². The second-order valence-electron chi connectivity index (χ2n) is 14.5. The molecule has 0 aromatic heterocycles. The van der Waals surface area contributed by atoms with Crippen LogP contribution in [0.5, 0.6) is 0 Å². The van der Waals surface area contributed by atoms with Crippen molar-refractivity contribution in [3.63, 3.8) is 0 Å². The van der Waals surface area contributed by atoms with Crippen LogP contribution in [0.1, 0.15) is 136 Å². The van der Waals surface area contributed by atoms with Gasteiger partial charge in [0.1, 0.15) is 6.61 Å². The summed E-state index contributed by atoms with van der Waals surface area (Å²) in [6.45, 7) is 3.25. The fraction of sp³-hybridized carbons (Fsp3) is 0.721. The maximum atomic E-state index is 12.7. The standard InChI is InChI=1S/C43H74NO11P/c1-3-5-7-8-9-10-11-12-13-14-15-16-17-18-23-27-42(48)52-34-37(35-54-56(50,51)53-32-31-44)55-43(49)28-24-20-19-22-26-38-39(41(47)33-40(38)46)30-29-36(45)25-21-6-4-2/h9-10,12-13,15-16,19,22,29-30,36-41,45-47H,3-8,11,14,17-18,20-21,23-28,31-35,44H2,1-2H3,(H,50,51)/b10-9-,13-12-,16-15-,22-19+,30-29+/t36-,37+,38+,39+,40-,41+/m0/s1. The lowest BCUT2D eigenvalue weighted by Crippen LogP contribution is -2.29. The molecule has 12 nitrogen and oxygen atoms in total. The van der Waals surface area contributed by atoms with Crippen molar-refractivity contribution < 1.29 is 52.9 Å². The second kappa shape index (κ2) is 33.6. The number of rotatable bonds is 34. The van der Waals surface area contributed by atoms with Crippen molar-refractivity contribution in [1.29, 1.82) is 0 Å². The number of allylic oxidation sites excluding steroid dienone is 8. The van der Waals surface area contributed by atoms with E-state index in [-0.39, 0.29) is 50.9 Å². The molecule has 1 rings (SSSR count). The molecule has 1 unspecified atom stereocenters. The van der Waals surface area contributed by atoms with E-state index in [1.807, 2.05) is 18.2 Å². The van der Waals surface area contributed by atoms with E-state index >= 15 is 0 Å². The van der Waals surface area contributed by atoms with E-state index < -0.39 is 50.8 Å². The third kappa shape index (κ3) is 27.3. The summed E-state index contributed by atoms with van der Waals surface area (Å²) < 4.78 is 32.7. The van der Waals surface area contributed by atoms with Crippen LogP contribution < -0.4 is 5.73 Å². The van der Waals surface area contributed by atoms with E-state index in [9.17, 15) is 34.4 Å². The molecule has 0 radical (unpaired) electrons. The fourth-order valence-electron chi connectivity index (χ4n) is 6.22. The molecule has 0 saturated heterocycles. The molecular weight excluding hydrogens is 737 g/mol. The minimum atomic E-state index is -4.46. The zero-order valence-corrected chi connectivity index (χ0v) is 35.1. The number of nitrogens with two attached hydrogens (primary N) is 1. The summed E-state index contributed by atoms with van der Waals surface area (Å²) in [5.74, 6) is -1.50. The largest absolute Gasteiger partial charge is 0.472 e. The first-order valence-corrected chi connectivity index (χ1v) is 22.5. The lowest BCUT2D eigenvalue weighted by molar-refractivity contribution is -0.161. The van der Waals surface area contributed by atoms with Gasteiger partial charge in [0.15, 0.2) is 6.10 Å². The summed E-state index contributed by atoms with van der Waals surface area (Å²) in [6.07, 6.45) is 32.1. The average molecular weight is 812 g/mol. The summed E-state index contributed by atoms with van der Waals surface area (Å²) in [6, 6.07) is 0. The third-order valence-electron chi connectivity index (χ3n) is 9.45. The van der Waals surface area contributed by atoms with E-state index in [0.29, 0.717) is 32.1 Å². The van der Waals surface area contributed by atoms with Crippen LogP contribution in [0, 0.1) is 11.8 Å². The molecular formula is C43H74NO11P. The summed E-state index contributed by atoms with van der Waals surface area (Å²) in [5.41, 5.74) is 5.33. The Hall–Kier alpha value is -2.41. The molecule has 0 aromatic rings. The topological polar surface area (TPSA) is 195 Å². The van der Waals surface area contributed by atoms with Gasteiger partial charge in [0.2, 0.25) is 0 Å². The van der Waals surface area contributed by atoms with Crippen molar-refractivity contribution in [2.75, 3.05) is 26.4 Å². The lowest BCUT2D eigenvalue weighted by atomic mass is 9.89. The number of hydrogen-bond acceptors (Lipinski definition) is 11. The van der Waals surface area contributed by atoms with Gasteiger partial charge in [-0.25, -0.2) is 4.57 Å². The first kappa shape index (κ1) is 51.6. The Balaban J connectivity index is 2.47. The van der Waals surface area contributed by atoms with Crippen LogP contribution in [-0.4, -0.2) is 82.9 Å². The molecule has 1 saturated carbocycles. The number of phosphoric ester groups is 1. The van der Waals surface area contributed by atoms with Gasteiger partial charge in [-0.15, -0.1) is 0 Å². The molecule has 0 bridgehead atoms. The number of carbonyl (C=O) groups is 2. The lowest BCUT2D eigenvalue weighted by Gasteiger charge is -2.20. The molecule has 1 aliphatic rings. The minimum absolute atomic E-state index is 0.00644. The van der Waals surface area contributed by atoms with Crippen molar-refractivity contribution in [1.82, 2.24) is 0 Å². The van der Waals surface area contributed by atoms with E-state index in [4.69, 9.17) is 24.3 Å². The third-order valence-corrected chi connectivity index (χ3v) is 10.4. The molecule has 1 fully saturated rings. The van der Waals surface area contributed by atoms with Gasteiger partial charge >= 0.3 is 19.8 Å². The van der Waals surface area contributed by atoms with Crippen LogP contribution in [-0.2, 0) is 32.7 Å². The van der Waals surface area contributed by atoms with Gasteiger partial charge in [0, 0.05) is 31.7 Å². The van der Waals surface area contributed by atoms with Gasteiger partial charge in [-0.3, -0.25) is 18.6 Å². The van der Waals surface area contributed by atoms with Crippen LogP contribution in [0.4, 0.5) is 0 Å². The number of unbranched alkanes of at least 4 members (excludes halogenated alkanes) is 8. The van der Waals surface area contributed by atoms with Gasteiger partial charge < -0.3 is 35.4 Å². The summed E-state index contributed by atoms with van der Waals surface area (Å²) >= 11 is 0. The molecule has 0 aromatic carbocycles. The molecule has 6 N–H and O–H groups in total. The molecule has 0 amide bonds. The quantitative estimate of drug-likeness (QED) is 0.0182. The normalized spacial score (nSPS) is 21.2. The van der Waals surface area contributed by atoms with Crippen molar-refractivity contribution in [3.8, 4) is 0 Å². The number of aliphatic hydroxyl groups excluding tert-OH is 3. The van der Waals surface area contributed by atoms with Crippen LogP contribution in [0.2, 0.25) is 0 Å². The van der Waals surface area contributed by atoms with Crippen LogP contribution in [0.15, 0.2) is 60.8 Å². The van der Waals surface area contributed by atoms with E-state index in [1.54, 1.807) is 6.08 Å². The highest BCUT2D eigenvalue weighted by molar-refractivity contribution is 7.47. The number of aliphatic hydroxyl groups is 3. The fourth-order valence-corrected chi connectivity index (χ4v) is 6.99. The van der Waals surface area contributed by atoms with Gasteiger partial charge in [0.05, 0.1) is 31.5 Å². The molecule has 1 aliphatic carbocycles. The zero-order valence-electron chi connectivity index (χ0n) is 34.2. The highest BCUT2D eigenvalue weighted by Crippen LogP contribution is 2.43. The molecule has 0 spiro atoms. The second-order valence-corrected chi connectivity index (χ2v) is 15.9. The maximum absolute atomic E-state index is 12.7. The first-order chi connectivity index (χ1) is 27.0. The Bertz CT molecular complexity index is 1220. The maximum Gasteiger partial charge on any atom is 0.472 e. The highest BCUT2D eigenvalue weighted by atomic mass is 31.2. The molecule has 0 heterocycles. The zero-order chi connectivity index (χ0) is 41.3. The van der Waals surface area contributed by atoms with Crippen molar-refractivity contribution in [3.05, 3.63) is 60.8 Å². The van der Waals surface area contributed by atoms with Crippen molar-refractivity contribution >= 4 is 19.8 Å². The Morgan fingerprint density at radius 3 is 2.05 bits per heavy atom. The van der Waals surface area contributed by atoms with Crippen LogP contribution >= 0.6 is 7.82 Å². The Kier molecular flexibility index (Phi) is 30.9. The van der Waals surface area contributed by atoms with Crippen molar-refractivity contribution in [2.45, 2.75) is 160 Å². The molecule has 56 heavy (non-hydrogen) atoms. The van der Waals surface area contributed by atoms with E-state index in [1.165, 1.54) is 19.3 Å². The summed E-state index contributed by atoms with van der Waals surface area (Å²) in [5, 5.41) is 31.3. The predicted molar refractivity (Wildman–Crippen MR) is 221 cm³/mol. The van der Waals surface area contributed by atoms with Gasteiger partial charge in [0.25, 0.3) is 0 Å². The minimum Gasteiger partial charge on any atom is -0.462 e. The molecule has 322 valence electrons. The number of ether oxygens (including phenoxy) is 2. The molecule has 13 heteroatoms. The van der Waals surface area contributed by atoms with Gasteiger partial charge in [-0.1, -0.05) is 107 Å². The van der Waals surface area contributed by atoms with Gasteiger partial charge in [-0.2, -0.15) is 0 Å².